The second-order valence-corrected chi connectivity index (χ2v) is 6.30. The second kappa shape index (κ2) is 7.69. The number of thioether (sulfide) groups is 1. The van der Waals surface area contributed by atoms with Crippen molar-refractivity contribution in [2.75, 3.05) is 5.75 Å². The van der Waals surface area contributed by atoms with E-state index in [1.165, 1.54) is 24.8 Å². The first-order valence-corrected chi connectivity index (χ1v) is 8.33. The summed E-state index contributed by atoms with van der Waals surface area (Å²) in [4.78, 5) is 23.1. The number of rotatable bonds is 5. The van der Waals surface area contributed by atoms with E-state index < -0.39 is 10.8 Å². The lowest BCUT2D eigenvalue weighted by Gasteiger charge is -2.28. The maximum Gasteiger partial charge on any atom is 0.273 e. The van der Waals surface area contributed by atoms with E-state index in [1.807, 2.05) is 0 Å². The van der Waals surface area contributed by atoms with Crippen LogP contribution >= 0.6 is 11.8 Å². The van der Waals surface area contributed by atoms with Gasteiger partial charge in [-0.3, -0.25) is 14.9 Å². The summed E-state index contributed by atoms with van der Waals surface area (Å²) in [6.07, 6.45) is 5.29. The third-order valence-electron chi connectivity index (χ3n) is 3.77. The predicted octanol–water partition coefficient (Wildman–Crippen LogP) is 3.25. The second-order valence-electron chi connectivity index (χ2n) is 5.32. The Bertz CT molecular complexity index is 888. The Morgan fingerprint density at radius 3 is 2.72 bits per heavy atom. The Balaban J connectivity index is 2.75. The third kappa shape index (κ3) is 3.57. The molecular formula is C18H15N3O3S. The molecule has 0 radical (unpaired) electrons. The smallest absolute Gasteiger partial charge is 0.273 e. The van der Waals surface area contributed by atoms with Gasteiger partial charge in [0.15, 0.2) is 5.78 Å². The molecule has 126 valence electrons. The monoisotopic (exact) mass is 353 g/mol. The van der Waals surface area contributed by atoms with Crippen molar-refractivity contribution < 1.29 is 9.72 Å². The van der Waals surface area contributed by atoms with Crippen molar-refractivity contribution in [1.82, 2.24) is 5.32 Å². The summed E-state index contributed by atoms with van der Waals surface area (Å²) in [5.74, 6) is 1.77. The molecule has 1 aromatic carbocycles. The minimum atomic E-state index is -0.800. The van der Waals surface area contributed by atoms with Crippen molar-refractivity contribution in [3.05, 3.63) is 61.8 Å². The summed E-state index contributed by atoms with van der Waals surface area (Å²) in [5, 5.41) is 24.7. The maximum absolute atomic E-state index is 12.2. The van der Waals surface area contributed by atoms with Crippen LogP contribution in [0.25, 0.3) is 0 Å². The van der Waals surface area contributed by atoms with Crippen molar-refractivity contribution in [2.45, 2.75) is 19.8 Å². The van der Waals surface area contributed by atoms with Crippen LogP contribution in [0.5, 0.6) is 0 Å². The van der Waals surface area contributed by atoms with E-state index in [-0.39, 0.29) is 17.0 Å². The molecule has 0 unspecified atom stereocenters. The number of nitriles is 1. The Labute approximate surface area is 149 Å². The standard InChI is InChI=1S/C18H15N3O3S/c1-4-9-25-18-14(10-19)17(16(12(3)22)11(2)20-18)13-7-5-6-8-15(13)21(23)24/h1,5-8,17,20H,9H2,2-3H3/t17-/m0/s1. The number of ketones is 1. The van der Waals surface area contributed by atoms with Gasteiger partial charge in [-0.15, -0.1) is 6.42 Å². The van der Waals surface area contributed by atoms with Gasteiger partial charge in [-0.05, 0) is 13.8 Å². The molecule has 1 N–H and O–H groups in total. The molecule has 0 saturated carbocycles. The Morgan fingerprint density at radius 2 is 2.16 bits per heavy atom. The van der Waals surface area contributed by atoms with Gasteiger partial charge < -0.3 is 5.32 Å². The minimum Gasteiger partial charge on any atom is -0.353 e. The molecule has 6 nitrogen and oxygen atoms in total. The van der Waals surface area contributed by atoms with Gasteiger partial charge in [0.25, 0.3) is 5.69 Å². The molecule has 2 rings (SSSR count). The molecule has 0 saturated heterocycles. The summed E-state index contributed by atoms with van der Waals surface area (Å²) in [6, 6.07) is 8.25. The molecule has 0 bridgehead atoms. The normalized spacial score (nSPS) is 16.7. The van der Waals surface area contributed by atoms with Crippen LogP contribution in [-0.4, -0.2) is 16.5 Å². The van der Waals surface area contributed by atoms with Crippen LogP contribution in [0.3, 0.4) is 0 Å². The van der Waals surface area contributed by atoms with Gasteiger partial charge in [0.2, 0.25) is 0 Å². The summed E-state index contributed by atoms with van der Waals surface area (Å²) in [6.45, 7) is 3.10. The first kappa shape index (κ1) is 18.3. The molecule has 0 aliphatic carbocycles. The molecule has 25 heavy (non-hydrogen) atoms. The van der Waals surface area contributed by atoms with Crippen molar-refractivity contribution in [3.63, 3.8) is 0 Å². The minimum absolute atomic E-state index is 0.130. The van der Waals surface area contributed by atoms with Crippen molar-refractivity contribution in [3.8, 4) is 18.4 Å². The summed E-state index contributed by atoms with van der Waals surface area (Å²) in [7, 11) is 0. The number of nitro benzene ring substituents is 1. The van der Waals surface area contributed by atoms with Gasteiger partial charge >= 0.3 is 0 Å². The summed E-state index contributed by atoms with van der Waals surface area (Å²) >= 11 is 1.25. The molecule has 0 fully saturated rings. The lowest BCUT2D eigenvalue weighted by molar-refractivity contribution is -0.385. The number of nitro groups is 1. The summed E-state index contributed by atoms with van der Waals surface area (Å²) in [5.41, 5.74) is 1.35. The van der Waals surface area contributed by atoms with Gasteiger partial charge in [0.05, 0.1) is 33.3 Å². The van der Waals surface area contributed by atoms with Crippen LogP contribution in [0.2, 0.25) is 0 Å². The van der Waals surface area contributed by atoms with Crippen molar-refractivity contribution in [2.24, 2.45) is 0 Å². The molecule has 0 spiro atoms. The fraction of sp³-hybridized carbons (Fsp3) is 0.222. The van der Waals surface area contributed by atoms with E-state index in [9.17, 15) is 20.2 Å². The van der Waals surface area contributed by atoms with Crippen LogP contribution in [0.4, 0.5) is 5.69 Å². The fourth-order valence-corrected chi connectivity index (χ4v) is 3.59. The highest BCUT2D eigenvalue weighted by atomic mass is 32.2. The quantitative estimate of drug-likeness (QED) is 0.496. The van der Waals surface area contributed by atoms with Gasteiger partial charge in [-0.1, -0.05) is 35.9 Å². The number of hydrogen-bond donors (Lipinski definition) is 1. The van der Waals surface area contributed by atoms with Crippen LogP contribution in [0.1, 0.15) is 25.3 Å². The van der Waals surface area contributed by atoms with Gasteiger partial charge in [0.1, 0.15) is 0 Å². The van der Waals surface area contributed by atoms with Crippen LogP contribution in [0.15, 0.2) is 46.1 Å². The highest BCUT2D eigenvalue weighted by molar-refractivity contribution is 8.03. The van der Waals surface area contributed by atoms with Crippen molar-refractivity contribution in [1.29, 1.82) is 5.26 Å². The Hall–Kier alpha value is -3.03. The largest absolute Gasteiger partial charge is 0.353 e. The molecule has 1 aliphatic heterocycles. The van der Waals surface area contributed by atoms with Crippen molar-refractivity contribution >= 4 is 23.2 Å². The third-order valence-corrected chi connectivity index (χ3v) is 4.69. The van der Waals surface area contributed by atoms with Crippen LogP contribution < -0.4 is 5.32 Å². The number of carbonyl (C=O) groups is 1. The van der Waals surface area contributed by atoms with E-state index in [1.54, 1.807) is 25.1 Å². The van der Waals surface area contributed by atoms with E-state index >= 15 is 0 Å². The number of para-hydroxylation sites is 1. The molecule has 0 aromatic heterocycles. The number of dihydropyridines is 1. The molecule has 1 atom stereocenters. The Morgan fingerprint density at radius 1 is 1.48 bits per heavy atom. The highest BCUT2D eigenvalue weighted by Crippen LogP contribution is 2.43. The van der Waals surface area contributed by atoms with Gasteiger partial charge in [-0.2, -0.15) is 5.26 Å². The number of hydrogen-bond acceptors (Lipinski definition) is 6. The van der Waals surface area contributed by atoms with Gasteiger partial charge in [0, 0.05) is 22.9 Å². The zero-order valence-electron chi connectivity index (χ0n) is 13.7. The molecule has 1 aromatic rings. The average Bonchev–Trinajstić information content (AvgIpc) is 2.58. The average molecular weight is 353 g/mol. The maximum atomic E-state index is 12.2. The van der Waals surface area contributed by atoms with Crippen LogP contribution in [0, 0.1) is 33.8 Å². The molecular weight excluding hydrogens is 338 g/mol. The topological polar surface area (TPSA) is 96.0 Å². The number of nitrogens with zero attached hydrogens (tertiary/aromatic N) is 2. The summed E-state index contributed by atoms with van der Waals surface area (Å²) < 4.78 is 0. The molecule has 7 heteroatoms. The SMILES string of the molecule is C#CCSC1=C(C#N)[C@H](c2ccccc2[N+](=O)[O-])C(C(C)=O)=C(C)N1. The number of nitrogens with one attached hydrogen (secondary N) is 1. The lowest BCUT2D eigenvalue weighted by Crippen LogP contribution is -2.27. The fourth-order valence-electron chi connectivity index (χ4n) is 2.82. The highest BCUT2D eigenvalue weighted by Gasteiger charge is 2.36. The number of allylic oxidation sites excluding steroid dienone is 3. The van der Waals surface area contributed by atoms with E-state index in [0.717, 1.165) is 0 Å². The lowest BCUT2D eigenvalue weighted by atomic mass is 9.80. The van der Waals surface area contributed by atoms with Crippen LogP contribution in [-0.2, 0) is 4.79 Å². The zero-order valence-corrected chi connectivity index (χ0v) is 14.5. The zero-order chi connectivity index (χ0) is 18.6. The number of Topliss-reactive ketones (excluding diaryl/α,β-unsaturated/α-hetero) is 1. The molecule has 0 amide bonds. The van der Waals surface area contributed by atoms with Gasteiger partial charge in [-0.25, -0.2) is 0 Å². The first-order chi connectivity index (χ1) is 11.9. The number of terminal acetylenes is 1. The Kier molecular flexibility index (Phi) is 5.63. The first-order valence-electron chi connectivity index (χ1n) is 7.34. The van der Waals surface area contributed by atoms with E-state index in [0.29, 0.717) is 27.6 Å². The predicted molar refractivity (Wildman–Crippen MR) is 96.3 cm³/mol. The molecule has 1 heterocycles. The molecule has 1 aliphatic rings. The van der Waals surface area contributed by atoms with E-state index in [2.05, 4.69) is 17.3 Å². The number of carbonyl (C=O) groups excluding carboxylic acids is 1. The number of benzene rings is 1. The van der Waals surface area contributed by atoms with E-state index in [4.69, 9.17) is 6.42 Å².